The van der Waals surface area contributed by atoms with E-state index in [0.717, 1.165) is 0 Å². The molecule has 0 fully saturated rings. The third kappa shape index (κ3) is 7.56. The standard InChI is InChI=1S/C7H10O3S2/c1-3-9-7(11)12-5-4-10-6(2)8/h4-5H,3H2,1-2H3. The van der Waals surface area contributed by atoms with Crippen LogP contribution < -0.4 is 0 Å². The first-order valence-corrected chi connectivity index (χ1v) is 4.61. The molecule has 0 heterocycles. The monoisotopic (exact) mass is 206 g/mol. The molecule has 0 radical (unpaired) electrons. The van der Waals surface area contributed by atoms with Crippen LogP contribution in [-0.2, 0) is 14.3 Å². The van der Waals surface area contributed by atoms with Crippen molar-refractivity contribution in [2.24, 2.45) is 0 Å². The van der Waals surface area contributed by atoms with Gasteiger partial charge in [-0.25, -0.2) is 0 Å². The second-order valence-electron chi connectivity index (χ2n) is 1.68. The number of rotatable bonds is 3. The van der Waals surface area contributed by atoms with Crippen LogP contribution in [0, 0.1) is 0 Å². The lowest BCUT2D eigenvalue weighted by Crippen LogP contribution is -1.94. The van der Waals surface area contributed by atoms with Crippen molar-refractivity contribution in [1.29, 1.82) is 0 Å². The zero-order valence-electron chi connectivity index (χ0n) is 6.90. The summed E-state index contributed by atoms with van der Waals surface area (Å²) in [5.74, 6) is -0.353. The highest BCUT2D eigenvalue weighted by atomic mass is 32.2. The molecule has 0 aliphatic carbocycles. The average molecular weight is 206 g/mol. The van der Waals surface area contributed by atoms with Crippen LogP contribution in [0.4, 0.5) is 0 Å². The van der Waals surface area contributed by atoms with Crippen molar-refractivity contribution in [3.05, 3.63) is 11.7 Å². The summed E-state index contributed by atoms with van der Waals surface area (Å²) in [5.41, 5.74) is 0. The molecule has 3 nitrogen and oxygen atoms in total. The van der Waals surface area contributed by atoms with Gasteiger partial charge < -0.3 is 9.47 Å². The van der Waals surface area contributed by atoms with Crippen LogP contribution in [0.2, 0.25) is 0 Å². The summed E-state index contributed by atoms with van der Waals surface area (Å²) in [6.45, 7) is 3.73. The van der Waals surface area contributed by atoms with Gasteiger partial charge in [0.05, 0.1) is 6.61 Å². The number of esters is 1. The zero-order valence-corrected chi connectivity index (χ0v) is 8.54. The first-order chi connectivity index (χ1) is 5.66. The summed E-state index contributed by atoms with van der Waals surface area (Å²) in [7, 11) is 0. The van der Waals surface area contributed by atoms with Crippen molar-refractivity contribution in [3.8, 4) is 0 Å². The molecule has 68 valence electrons. The van der Waals surface area contributed by atoms with E-state index in [2.05, 4.69) is 4.74 Å². The Morgan fingerprint density at radius 1 is 1.67 bits per heavy atom. The molecule has 0 saturated heterocycles. The second-order valence-corrected chi connectivity index (χ2v) is 3.19. The van der Waals surface area contributed by atoms with E-state index in [0.29, 0.717) is 11.0 Å². The van der Waals surface area contributed by atoms with E-state index < -0.39 is 0 Å². The smallest absolute Gasteiger partial charge is 0.307 e. The van der Waals surface area contributed by atoms with E-state index in [-0.39, 0.29) is 5.97 Å². The fraction of sp³-hybridized carbons (Fsp3) is 0.429. The third-order valence-corrected chi connectivity index (χ3v) is 1.68. The van der Waals surface area contributed by atoms with Crippen molar-refractivity contribution in [3.63, 3.8) is 0 Å². The van der Waals surface area contributed by atoms with E-state index in [9.17, 15) is 4.79 Å². The van der Waals surface area contributed by atoms with Gasteiger partial charge in [-0.3, -0.25) is 4.79 Å². The normalized spacial score (nSPS) is 9.83. The molecule has 0 aromatic heterocycles. The maximum Gasteiger partial charge on any atom is 0.307 e. The van der Waals surface area contributed by atoms with Crippen molar-refractivity contribution in [2.75, 3.05) is 6.61 Å². The lowest BCUT2D eigenvalue weighted by Gasteiger charge is -1.98. The van der Waals surface area contributed by atoms with Gasteiger partial charge in [0.1, 0.15) is 6.26 Å². The van der Waals surface area contributed by atoms with Crippen LogP contribution in [0.5, 0.6) is 0 Å². The summed E-state index contributed by atoms with van der Waals surface area (Å²) < 4.78 is 9.88. The van der Waals surface area contributed by atoms with Crippen LogP contribution in [-0.4, -0.2) is 17.0 Å². The van der Waals surface area contributed by atoms with Crippen molar-refractivity contribution < 1.29 is 14.3 Å². The van der Waals surface area contributed by atoms with Gasteiger partial charge in [0.15, 0.2) is 0 Å². The van der Waals surface area contributed by atoms with Gasteiger partial charge in [0, 0.05) is 12.3 Å². The Bertz CT molecular complexity index is 189. The lowest BCUT2D eigenvalue weighted by atomic mass is 10.8. The van der Waals surface area contributed by atoms with Gasteiger partial charge in [-0.2, -0.15) is 0 Å². The predicted molar refractivity (Wildman–Crippen MR) is 52.7 cm³/mol. The molecule has 0 N–H and O–H groups in total. The van der Waals surface area contributed by atoms with Gasteiger partial charge in [-0.1, -0.05) is 0 Å². The average Bonchev–Trinajstić information content (AvgIpc) is 1.98. The van der Waals surface area contributed by atoms with Crippen molar-refractivity contribution >= 4 is 34.3 Å². The SMILES string of the molecule is CCOC(=S)SC=COC(C)=O. The molecule has 0 spiro atoms. The first kappa shape index (κ1) is 11.4. The van der Waals surface area contributed by atoms with E-state index in [1.807, 2.05) is 6.92 Å². The molecule has 0 aliphatic heterocycles. The van der Waals surface area contributed by atoms with E-state index in [1.165, 1.54) is 24.9 Å². The Morgan fingerprint density at radius 2 is 2.33 bits per heavy atom. The largest absolute Gasteiger partial charge is 0.479 e. The fourth-order valence-electron chi connectivity index (χ4n) is 0.359. The number of carbonyl (C=O) groups excluding carboxylic acids is 1. The van der Waals surface area contributed by atoms with Gasteiger partial charge >= 0.3 is 5.97 Å². The highest BCUT2D eigenvalue weighted by molar-refractivity contribution is 8.24. The molecule has 0 saturated carbocycles. The number of carbonyl (C=O) groups is 1. The highest BCUT2D eigenvalue weighted by Crippen LogP contribution is 2.07. The Kier molecular flexibility index (Phi) is 6.79. The minimum absolute atomic E-state index is 0.353. The van der Waals surface area contributed by atoms with Gasteiger partial charge in [-0.15, -0.1) is 0 Å². The van der Waals surface area contributed by atoms with Crippen LogP contribution in [0.3, 0.4) is 0 Å². The van der Waals surface area contributed by atoms with E-state index >= 15 is 0 Å². The summed E-state index contributed by atoms with van der Waals surface area (Å²) in [4.78, 5) is 10.3. The molecule has 12 heavy (non-hydrogen) atoms. The predicted octanol–water partition coefficient (Wildman–Crippen LogP) is 2.08. The number of thiocarbonyl (C=S) groups is 1. The molecule has 0 bridgehead atoms. The molecule has 0 amide bonds. The fourth-order valence-corrected chi connectivity index (χ4v) is 1.05. The number of hydrogen-bond donors (Lipinski definition) is 0. The Hall–Kier alpha value is -0.550. The van der Waals surface area contributed by atoms with Gasteiger partial charge in [0.2, 0.25) is 4.38 Å². The second kappa shape index (κ2) is 7.12. The molecule has 0 atom stereocenters. The molecule has 0 aromatic rings. The molecule has 0 unspecified atom stereocenters. The van der Waals surface area contributed by atoms with E-state index in [4.69, 9.17) is 17.0 Å². The summed E-state index contributed by atoms with van der Waals surface area (Å²) in [6.07, 6.45) is 1.28. The summed E-state index contributed by atoms with van der Waals surface area (Å²) >= 11 is 5.98. The molecule has 5 heteroatoms. The van der Waals surface area contributed by atoms with Crippen LogP contribution in [0.1, 0.15) is 13.8 Å². The molecular weight excluding hydrogens is 196 g/mol. The maximum atomic E-state index is 10.3. The molecule has 0 aliphatic rings. The molecular formula is C7H10O3S2. The van der Waals surface area contributed by atoms with Gasteiger partial charge in [0.25, 0.3) is 0 Å². The topological polar surface area (TPSA) is 35.5 Å². The minimum Gasteiger partial charge on any atom is -0.479 e. The van der Waals surface area contributed by atoms with Crippen molar-refractivity contribution in [1.82, 2.24) is 0 Å². The maximum absolute atomic E-state index is 10.3. The van der Waals surface area contributed by atoms with E-state index in [1.54, 1.807) is 5.41 Å². The van der Waals surface area contributed by atoms with Crippen LogP contribution >= 0.6 is 24.0 Å². The molecule has 0 rings (SSSR count). The third-order valence-electron chi connectivity index (χ3n) is 0.716. The quantitative estimate of drug-likeness (QED) is 0.401. The number of hydrogen-bond acceptors (Lipinski definition) is 5. The molecule has 0 aromatic carbocycles. The Morgan fingerprint density at radius 3 is 2.83 bits per heavy atom. The highest BCUT2D eigenvalue weighted by Gasteiger charge is 1.92. The minimum atomic E-state index is -0.353. The summed E-state index contributed by atoms with van der Waals surface area (Å²) in [6, 6.07) is 0. The summed E-state index contributed by atoms with van der Waals surface area (Å²) in [5, 5.41) is 1.55. The zero-order chi connectivity index (χ0) is 9.40. The Balaban J connectivity index is 3.46. The van der Waals surface area contributed by atoms with Gasteiger partial charge in [-0.05, 0) is 30.9 Å². The Labute approximate surface area is 81.1 Å². The van der Waals surface area contributed by atoms with Crippen molar-refractivity contribution in [2.45, 2.75) is 13.8 Å². The number of thioether (sulfide) groups is 1. The first-order valence-electron chi connectivity index (χ1n) is 3.32. The van der Waals surface area contributed by atoms with Crippen LogP contribution in [0.15, 0.2) is 11.7 Å². The van der Waals surface area contributed by atoms with Crippen LogP contribution in [0.25, 0.3) is 0 Å². The number of ether oxygens (including phenoxy) is 2. The lowest BCUT2D eigenvalue weighted by molar-refractivity contribution is -0.135.